The first-order valence-corrected chi connectivity index (χ1v) is 9.01. The molecule has 2 aliphatic rings. The molecule has 1 aromatic rings. The Morgan fingerprint density at radius 2 is 1.88 bits per heavy atom. The molecular formula is C19H29NO5. The van der Waals surface area contributed by atoms with Crippen molar-refractivity contribution in [1.29, 1.82) is 0 Å². The van der Waals surface area contributed by atoms with Crippen LogP contribution in [0.1, 0.15) is 24.8 Å². The Labute approximate surface area is 149 Å². The van der Waals surface area contributed by atoms with Gasteiger partial charge in [-0.25, -0.2) is 0 Å². The first kappa shape index (κ1) is 18.6. The summed E-state index contributed by atoms with van der Waals surface area (Å²) >= 11 is 0. The summed E-state index contributed by atoms with van der Waals surface area (Å²) in [5, 5.41) is 31.9. The molecule has 0 aliphatic carbocycles. The maximum absolute atomic E-state index is 10.9. The standard InChI is InChI=1S/C19H29NO5/c1-15-2-4-16(5-3-15)25-14-19(23)13-20(9-6-17(19)21)12-18(22)7-10-24-11-8-18/h2-5,17,21-23H,6-14H2,1H3/t17-,19-/m0/s1. The van der Waals surface area contributed by atoms with Gasteiger partial charge in [-0.05, 0) is 25.5 Å². The lowest BCUT2D eigenvalue weighted by Gasteiger charge is -2.45. The van der Waals surface area contributed by atoms with E-state index in [2.05, 4.69) is 0 Å². The number of ether oxygens (including phenoxy) is 2. The number of β-amino-alcohol motifs (C(OH)–C–C–N with tert-alkyl or cyclic N) is 2. The molecule has 0 amide bonds. The van der Waals surface area contributed by atoms with Crippen molar-refractivity contribution >= 4 is 0 Å². The molecule has 25 heavy (non-hydrogen) atoms. The molecular weight excluding hydrogens is 322 g/mol. The molecule has 0 radical (unpaired) electrons. The summed E-state index contributed by atoms with van der Waals surface area (Å²) in [4.78, 5) is 2.02. The van der Waals surface area contributed by atoms with Gasteiger partial charge in [0.2, 0.25) is 0 Å². The van der Waals surface area contributed by atoms with E-state index < -0.39 is 17.3 Å². The van der Waals surface area contributed by atoms with E-state index in [-0.39, 0.29) is 13.2 Å². The van der Waals surface area contributed by atoms with Crippen LogP contribution in [0.5, 0.6) is 5.75 Å². The van der Waals surface area contributed by atoms with Crippen molar-refractivity contribution in [2.75, 3.05) is 39.5 Å². The van der Waals surface area contributed by atoms with Crippen LogP contribution in [0.3, 0.4) is 0 Å². The monoisotopic (exact) mass is 351 g/mol. The van der Waals surface area contributed by atoms with Crippen molar-refractivity contribution in [2.45, 2.75) is 43.5 Å². The topological polar surface area (TPSA) is 82.4 Å². The molecule has 0 aromatic heterocycles. The number of nitrogens with zero attached hydrogens (tertiary/aromatic N) is 1. The SMILES string of the molecule is Cc1ccc(OC[C@@]2(O)CN(CC3(O)CCOCC3)CC[C@@H]2O)cc1. The maximum Gasteiger partial charge on any atom is 0.137 e. The Morgan fingerprint density at radius 1 is 1.20 bits per heavy atom. The Hall–Kier alpha value is -1.18. The summed E-state index contributed by atoms with van der Waals surface area (Å²) in [6, 6.07) is 7.61. The molecule has 2 saturated heterocycles. The van der Waals surface area contributed by atoms with E-state index in [1.165, 1.54) is 0 Å². The third-order valence-corrected chi connectivity index (χ3v) is 5.29. The Morgan fingerprint density at radius 3 is 2.56 bits per heavy atom. The van der Waals surface area contributed by atoms with E-state index in [0.29, 0.717) is 51.3 Å². The molecule has 3 rings (SSSR count). The molecule has 0 unspecified atom stereocenters. The van der Waals surface area contributed by atoms with Crippen LogP contribution in [0.4, 0.5) is 0 Å². The van der Waals surface area contributed by atoms with Gasteiger partial charge >= 0.3 is 0 Å². The fourth-order valence-corrected chi connectivity index (χ4v) is 3.59. The van der Waals surface area contributed by atoms with Gasteiger partial charge in [-0.1, -0.05) is 17.7 Å². The third-order valence-electron chi connectivity index (χ3n) is 5.29. The van der Waals surface area contributed by atoms with E-state index >= 15 is 0 Å². The predicted octanol–water partition coefficient (Wildman–Crippen LogP) is 0.713. The van der Waals surface area contributed by atoms with E-state index in [1.807, 2.05) is 36.1 Å². The smallest absolute Gasteiger partial charge is 0.137 e. The Bertz CT molecular complexity index is 557. The molecule has 2 aliphatic heterocycles. The number of aliphatic hydroxyl groups excluding tert-OH is 1. The Kier molecular flexibility index (Phi) is 5.65. The average Bonchev–Trinajstić information content (AvgIpc) is 2.58. The maximum atomic E-state index is 10.9. The van der Waals surface area contributed by atoms with Gasteiger partial charge in [0.1, 0.15) is 18.0 Å². The summed E-state index contributed by atoms with van der Waals surface area (Å²) in [6.45, 7) is 4.56. The van der Waals surface area contributed by atoms with Gasteiger partial charge in [-0.15, -0.1) is 0 Å². The van der Waals surface area contributed by atoms with E-state index in [9.17, 15) is 15.3 Å². The summed E-state index contributed by atoms with van der Waals surface area (Å²) in [6.07, 6.45) is 0.827. The van der Waals surface area contributed by atoms with Crippen LogP contribution in [0.2, 0.25) is 0 Å². The summed E-state index contributed by atoms with van der Waals surface area (Å²) < 4.78 is 11.0. The highest BCUT2D eigenvalue weighted by atomic mass is 16.5. The van der Waals surface area contributed by atoms with E-state index in [0.717, 1.165) is 5.56 Å². The molecule has 3 N–H and O–H groups in total. The molecule has 2 fully saturated rings. The lowest BCUT2D eigenvalue weighted by molar-refractivity contribution is -0.154. The largest absolute Gasteiger partial charge is 0.490 e. The van der Waals surface area contributed by atoms with Crippen LogP contribution in [0, 0.1) is 6.92 Å². The summed E-state index contributed by atoms with van der Waals surface area (Å²) in [5.41, 5.74) is -0.983. The van der Waals surface area contributed by atoms with Gasteiger partial charge in [0, 0.05) is 45.7 Å². The van der Waals surface area contributed by atoms with Crippen molar-refractivity contribution in [3.8, 4) is 5.75 Å². The average molecular weight is 351 g/mol. The third kappa shape index (κ3) is 4.71. The molecule has 2 heterocycles. The first-order chi connectivity index (χ1) is 11.9. The minimum atomic E-state index is -1.34. The van der Waals surface area contributed by atoms with Crippen LogP contribution in [-0.4, -0.2) is 77.0 Å². The molecule has 0 saturated carbocycles. The van der Waals surface area contributed by atoms with Crippen molar-refractivity contribution in [1.82, 2.24) is 4.90 Å². The number of aryl methyl sites for hydroxylation is 1. The van der Waals surface area contributed by atoms with Crippen LogP contribution in [0.25, 0.3) is 0 Å². The molecule has 0 spiro atoms. The molecule has 1 aromatic carbocycles. The van der Waals surface area contributed by atoms with Crippen molar-refractivity contribution in [3.05, 3.63) is 29.8 Å². The second-order valence-electron chi connectivity index (χ2n) is 7.56. The van der Waals surface area contributed by atoms with Crippen LogP contribution >= 0.6 is 0 Å². The number of benzene rings is 1. The normalized spacial score (nSPS) is 30.2. The first-order valence-electron chi connectivity index (χ1n) is 9.01. The van der Waals surface area contributed by atoms with Crippen LogP contribution < -0.4 is 4.74 Å². The number of hydrogen-bond donors (Lipinski definition) is 3. The lowest BCUT2D eigenvalue weighted by atomic mass is 9.87. The number of aliphatic hydroxyl groups is 3. The van der Waals surface area contributed by atoms with Gasteiger partial charge in [0.05, 0.1) is 11.7 Å². The summed E-state index contributed by atoms with van der Waals surface area (Å²) in [7, 11) is 0. The quantitative estimate of drug-likeness (QED) is 0.725. The molecule has 6 nitrogen and oxygen atoms in total. The highest BCUT2D eigenvalue weighted by Crippen LogP contribution is 2.28. The number of likely N-dealkylation sites (tertiary alicyclic amines) is 1. The van der Waals surface area contributed by atoms with Crippen molar-refractivity contribution in [3.63, 3.8) is 0 Å². The number of hydrogen-bond acceptors (Lipinski definition) is 6. The molecule has 2 atom stereocenters. The van der Waals surface area contributed by atoms with E-state index in [1.54, 1.807) is 0 Å². The molecule has 140 valence electrons. The van der Waals surface area contributed by atoms with E-state index in [4.69, 9.17) is 9.47 Å². The fourth-order valence-electron chi connectivity index (χ4n) is 3.59. The number of piperidine rings is 1. The fraction of sp³-hybridized carbons (Fsp3) is 0.684. The predicted molar refractivity (Wildman–Crippen MR) is 93.7 cm³/mol. The minimum Gasteiger partial charge on any atom is -0.490 e. The molecule has 6 heteroatoms. The lowest BCUT2D eigenvalue weighted by Crippen LogP contribution is -2.62. The van der Waals surface area contributed by atoms with Crippen molar-refractivity contribution in [2.24, 2.45) is 0 Å². The van der Waals surface area contributed by atoms with Gasteiger partial charge in [-0.3, -0.25) is 4.90 Å². The second kappa shape index (κ2) is 7.60. The second-order valence-corrected chi connectivity index (χ2v) is 7.56. The zero-order valence-corrected chi connectivity index (χ0v) is 14.9. The highest BCUT2D eigenvalue weighted by molar-refractivity contribution is 5.26. The van der Waals surface area contributed by atoms with Gasteiger partial charge in [-0.2, -0.15) is 0 Å². The summed E-state index contributed by atoms with van der Waals surface area (Å²) in [5.74, 6) is 0.673. The Balaban J connectivity index is 1.59. The highest BCUT2D eigenvalue weighted by Gasteiger charge is 2.44. The van der Waals surface area contributed by atoms with Gasteiger partial charge in [0.25, 0.3) is 0 Å². The van der Waals surface area contributed by atoms with Crippen molar-refractivity contribution < 1.29 is 24.8 Å². The molecule has 0 bridgehead atoms. The van der Waals surface area contributed by atoms with Gasteiger partial charge in [0.15, 0.2) is 0 Å². The van der Waals surface area contributed by atoms with Gasteiger partial charge < -0.3 is 24.8 Å². The zero-order valence-electron chi connectivity index (χ0n) is 14.9. The number of rotatable bonds is 5. The minimum absolute atomic E-state index is 0.0231. The van der Waals surface area contributed by atoms with Crippen LogP contribution in [-0.2, 0) is 4.74 Å². The zero-order chi connectivity index (χ0) is 17.9. The van der Waals surface area contributed by atoms with Crippen LogP contribution in [0.15, 0.2) is 24.3 Å².